The lowest BCUT2D eigenvalue weighted by atomic mass is 10.1. The fourth-order valence-corrected chi connectivity index (χ4v) is 1.19. The molecule has 102 valence electrons. The summed E-state index contributed by atoms with van der Waals surface area (Å²) in [5.74, 6) is -4.90. The van der Waals surface area contributed by atoms with E-state index in [2.05, 4.69) is 4.74 Å². The number of rotatable bonds is 6. The van der Waals surface area contributed by atoms with Gasteiger partial charge in [-0.1, -0.05) is 12.1 Å². The van der Waals surface area contributed by atoms with Crippen LogP contribution in [-0.2, 0) is 17.9 Å². The van der Waals surface area contributed by atoms with Crippen molar-refractivity contribution in [2.24, 2.45) is 5.73 Å². The SMILES string of the molecule is NCc1ccc(COCC(F)(F)C(F)F)c(F)c1. The molecule has 18 heavy (non-hydrogen) atoms. The van der Waals surface area contributed by atoms with E-state index in [-0.39, 0.29) is 12.1 Å². The molecular formula is C11H12F5NO. The van der Waals surface area contributed by atoms with Gasteiger partial charge in [-0.05, 0) is 11.6 Å². The zero-order chi connectivity index (χ0) is 13.8. The van der Waals surface area contributed by atoms with Crippen molar-refractivity contribution >= 4 is 0 Å². The predicted octanol–water partition coefficient (Wildman–Crippen LogP) is 2.70. The van der Waals surface area contributed by atoms with Crippen LogP contribution in [0.2, 0.25) is 0 Å². The Morgan fingerprint density at radius 2 is 1.94 bits per heavy atom. The number of benzene rings is 1. The molecule has 0 aromatic heterocycles. The topological polar surface area (TPSA) is 35.2 Å². The molecule has 0 atom stereocenters. The van der Waals surface area contributed by atoms with E-state index in [9.17, 15) is 22.0 Å². The summed E-state index contributed by atoms with van der Waals surface area (Å²) >= 11 is 0. The molecule has 0 saturated carbocycles. The minimum absolute atomic E-state index is 0.0114. The Labute approximate surface area is 101 Å². The van der Waals surface area contributed by atoms with Gasteiger partial charge in [-0.2, -0.15) is 8.78 Å². The first kappa shape index (κ1) is 14.8. The summed E-state index contributed by atoms with van der Waals surface area (Å²) in [6.07, 6.45) is -3.80. The monoisotopic (exact) mass is 269 g/mol. The van der Waals surface area contributed by atoms with E-state index >= 15 is 0 Å². The number of alkyl halides is 4. The maximum absolute atomic E-state index is 13.3. The van der Waals surface area contributed by atoms with Gasteiger partial charge in [0.1, 0.15) is 12.4 Å². The lowest BCUT2D eigenvalue weighted by Crippen LogP contribution is -2.32. The van der Waals surface area contributed by atoms with E-state index in [0.29, 0.717) is 5.56 Å². The Morgan fingerprint density at radius 3 is 2.44 bits per heavy atom. The fraction of sp³-hybridized carbons (Fsp3) is 0.455. The maximum Gasteiger partial charge on any atom is 0.330 e. The summed E-state index contributed by atoms with van der Waals surface area (Å²) in [5.41, 5.74) is 5.83. The zero-order valence-electron chi connectivity index (χ0n) is 9.31. The lowest BCUT2D eigenvalue weighted by Gasteiger charge is -2.15. The van der Waals surface area contributed by atoms with Crippen LogP contribution in [0.5, 0.6) is 0 Å². The second-order valence-electron chi connectivity index (χ2n) is 3.68. The summed E-state index contributed by atoms with van der Waals surface area (Å²) in [6.45, 7) is -1.82. The Balaban J connectivity index is 2.54. The highest BCUT2D eigenvalue weighted by atomic mass is 19.3. The third-order valence-electron chi connectivity index (χ3n) is 2.22. The normalized spacial score (nSPS) is 12.2. The van der Waals surface area contributed by atoms with Crippen molar-refractivity contribution in [1.82, 2.24) is 0 Å². The standard InChI is InChI=1S/C11H12F5NO/c12-9-3-7(4-17)1-2-8(9)5-18-6-11(15,16)10(13)14/h1-3,10H,4-6,17H2. The van der Waals surface area contributed by atoms with Crippen LogP contribution in [0.25, 0.3) is 0 Å². The molecule has 2 N–H and O–H groups in total. The molecule has 0 spiro atoms. The summed E-state index contributed by atoms with van der Waals surface area (Å²) in [7, 11) is 0. The van der Waals surface area contributed by atoms with Crippen LogP contribution in [-0.4, -0.2) is 19.0 Å². The Morgan fingerprint density at radius 1 is 1.28 bits per heavy atom. The molecule has 1 aromatic carbocycles. The van der Waals surface area contributed by atoms with Crippen molar-refractivity contribution in [3.8, 4) is 0 Å². The van der Waals surface area contributed by atoms with Crippen molar-refractivity contribution in [1.29, 1.82) is 0 Å². The molecule has 0 radical (unpaired) electrons. The summed E-state index contributed by atoms with van der Waals surface area (Å²) < 4.78 is 66.3. The van der Waals surface area contributed by atoms with E-state index < -0.39 is 31.4 Å². The number of ether oxygens (including phenoxy) is 1. The molecule has 1 rings (SSSR count). The highest BCUT2D eigenvalue weighted by molar-refractivity contribution is 5.23. The molecule has 0 aliphatic heterocycles. The van der Waals surface area contributed by atoms with Crippen LogP contribution in [0.3, 0.4) is 0 Å². The van der Waals surface area contributed by atoms with E-state index in [1.165, 1.54) is 12.1 Å². The Kier molecular flexibility index (Phi) is 5.03. The molecule has 7 heteroatoms. The van der Waals surface area contributed by atoms with Gasteiger partial charge < -0.3 is 10.5 Å². The number of nitrogens with two attached hydrogens (primary N) is 1. The van der Waals surface area contributed by atoms with E-state index in [1.54, 1.807) is 0 Å². The third-order valence-corrected chi connectivity index (χ3v) is 2.22. The fourth-order valence-electron chi connectivity index (χ4n) is 1.19. The molecule has 1 aromatic rings. The average molecular weight is 269 g/mol. The first-order valence-corrected chi connectivity index (χ1v) is 5.08. The molecule has 0 aliphatic carbocycles. The second-order valence-corrected chi connectivity index (χ2v) is 3.68. The first-order chi connectivity index (χ1) is 8.36. The quantitative estimate of drug-likeness (QED) is 0.806. The van der Waals surface area contributed by atoms with Crippen LogP contribution in [0.15, 0.2) is 18.2 Å². The lowest BCUT2D eigenvalue weighted by molar-refractivity contribution is -0.168. The number of hydrogen-bond donors (Lipinski definition) is 1. The zero-order valence-corrected chi connectivity index (χ0v) is 9.31. The van der Waals surface area contributed by atoms with Crippen molar-refractivity contribution in [3.05, 3.63) is 35.1 Å². The summed E-state index contributed by atoms with van der Waals surface area (Å²) in [5, 5.41) is 0. The highest BCUT2D eigenvalue weighted by Crippen LogP contribution is 2.23. The van der Waals surface area contributed by atoms with Crippen LogP contribution < -0.4 is 5.73 Å². The smallest absolute Gasteiger partial charge is 0.330 e. The molecule has 0 unspecified atom stereocenters. The molecule has 0 bridgehead atoms. The number of hydrogen-bond acceptors (Lipinski definition) is 2. The third kappa shape index (κ3) is 3.92. The minimum Gasteiger partial charge on any atom is -0.370 e. The van der Waals surface area contributed by atoms with Crippen LogP contribution in [0.4, 0.5) is 22.0 Å². The van der Waals surface area contributed by atoms with Gasteiger partial charge in [0.25, 0.3) is 0 Å². The summed E-state index contributed by atoms with van der Waals surface area (Å²) in [4.78, 5) is 0. The Bertz CT molecular complexity index is 397. The van der Waals surface area contributed by atoms with Gasteiger partial charge in [0, 0.05) is 12.1 Å². The molecule has 0 amide bonds. The van der Waals surface area contributed by atoms with Gasteiger partial charge in [0.05, 0.1) is 6.61 Å². The van der Waals surface area contributed by atoms with Gasteiger partial charge in [-0.25, -0.2) is 13.2 Å². The predicted molar refractivity (Wildman–Crippen MR) is 54.9 cm³/mol. The van der Waals surface area contributed by atoms with Crippen molar-refractivity contribution < 1.29 is 26.7 Å². The molecule has 2 nitrogen and oxygen atoms in total. The largest absolute Gasteiger partial charge is 0.370 e. The summed E-state index contributed by atoms with van der Waals surface area (Å²) in [6, 6.07) is 3.97. The van der Waals surface area contributed by atoms with E-state index in [0.717, 1.165) is 6.07 Å². The van der Waals surface area contributed by atoms with Crippen molar-refractivity contribution in [3.63, 3.8) is 0 Å². The first-order valence-electron chi connectivity index (χ1n) is 5.08. The molecule has 0 heterocycles. The minimum atomic E-state index is -4.23. The number of halogens is 5. The second kappa shape index (κ2) is 6.10. The van der Waals surface area contributed by atoms with Crippen LogP contribution in [0, 0.1) is 5.82 Å². The highest BCUT2D eigenvalue weighted by Gasteiger charge is 2.40. The van der Waals surface area contributed by atoms with Crippen molar-refractivity contribution in [2.75, 3.05) is 6.61 Å². The van der Waals surface area contributed by atoms with Crippen LogP contribution in [0.1, 0.15) is 11.1 Å². The van der Waals surface area contributed by atoms with E-state index in [1.807, 2.05) is 0 Å². The van der Waals surface area contributed by atoms with Gasteiger partial charge in [0.15, 0.2) is 0 Å². The van der Waals surface area contributed by atoms with Crippen molar-refractivity contribution in [2.45, 2.75) is 25.5 Å². The van der Waals surface area contributed by atoms with E-state index in [4.69, 9.17) is 5.73 Å². The van der Waals surface area contributed by atoms with Gasteiger partial charge in [-0.3, -0.25) is 0 Å². The molecule has 0 saturated heterocycles. The van der Waals surface area contributed by atoms with Gasteiger partial charge >= 0.3 is 12.3 Å². The molecule has 0 fully saturated rings. The van der Waals surface area contributed by atoms with Gasteiger partial charge in [0.2, 0.25) is 0 Å². The average Bonchev–Trinajstić information content (AvgIpc) is 2.30. The maximum atomic E-state index is 13.3. The van der Waals surface area contributed by atoms with Gasteiger partial charge in [-0.15, -0.1) is 0 Å². The molecular weight excluding hydrogens is 257 g/mol. The van der Waals surface area contributed by atoms with Crippen LogP contribution >= 0.6 is 0 Å². The Hall–Kier alpha value is -1.21. The molecule has 0 aliphatic rings.